The zero-order valence-corrected chi connectivity index (χ0v) is 16.0. The Labute approximate surface area is 154 Å². The molecule has 2 aromatic rings. The second-order valence-electron chi connectivity index (χ2n) is 7.28. The number of amides is 1. The Bertz CT molecular complexity index is 756. The molecule has 0 saturated carbocycles. The summed E-state index contributed by atoms with van der Waals surface area (Å²) >= 11 is 0. The number of rotatable bonds is 6. The molecule has 0 unspecified atom stereocenters. The number of aromatic nitrogens is 3. The van der Waals surface area contributed by atoms with E-state index in [4.69, 9.17) is 4.42 Å². The summed E-state index contributed by atoms with van der Waals surface area (Å²) in [7, 11) is 3.94. The van der Waals surface area contributed by atoms with Crippen LogP contribution in [0.15, 0.2) is 22.7 Å². The fraction of sp³-hybridized carbons (Fsp3) is 0.579. The Kier molecular flexibility index (Phi) is 5.54. The Balaban J connectivity index is 1.65. The minimum atomic E-state index is 0.123. The third-order valence-electron chi connectivity index (χ3n) is 4.71. The SMILES string of the molecule is CC(C)c1nnc(CCC(=O)N2CCC[C@H]2c2ccnc(N(C)C)c2)o1. The standard InChI is InChI=1S/C19H27N5O2/c1-13(2)19-22-21-17(26-19)7-8-18(25)24-11-5-6-15(24)14-9-10-20-16(12-14)23(3)4/h9-10,12-13,15H,5-8,11H2,1-4H3/t15-/m0/s1. The molecular weight excluding hydrogens is 330 g/mol. The molecule has 0 bridgehead atoms. The summed E-state index contributed by atoms with van der Waals surface area (Å²) in [5, 5.41) is 8.07. The summed E-state index contributed by atoms with van der Waals surface area (Å²) in [6.45, 7) is 4.81. The van der Waals surface area contributed by atoms with Gasteiger partial charge in [0.1, 0.15) is 5.82 Å². The maximum absolute atomic E-state index is 12.8. The predicted molar refractivity (Wildman–Crippen MR) is 99.0 cm³/mol. The van der Waals surface area contributed by atoms with Crippen LogP contribution in [0, 0.1) is 0 Å². The molecule has 26 heavy (non-hydrogen) atoms. The lowest BCUT2D eigenvalue weighted by Gasteiger charge is -2.25. The molecule has 1 fully saturated rings. The number of hydrogen-bond acceptors (Lipinski definition) is 6. The first-order chi connectivity index (χ1) is 12.5. The van der Waals surface area contributed by atoms with E-state index < -0.39 is 0 Å². The summed E-state index contributed by atoms with van der Waals surface area (Å²) in [6, 6.07) is 4.21. The maximum Gasteiger partial charge on any atom is 0.223 e. The van der Waals surface area contributed by atoms with Crippen LogP contribution in [0.25, 0.3) is 0 Å². The summed E-state index contributed by atoms with van der Waals surface area (Å²) < 4.78 is 5.60. The molecule has 7 nitrogen and oxygen atoms in total. The fourth-order valence-electron chi connectivity index (χ4n) is 3.26. The molecule has 2 aromatic heterocycles. The van der Waals surface area contributed by atoms with Gasteiger partial charge in [-0.25, -0.2) is 4.98 Å². The monoisotopic (exact) mass is 357 g/mol. The first kappa shape index (κ1) is 18.4. The largest absolute Gasteiger partial charge is 0.425 e. The van der Waals surface area contributed by atoms with E-state index in [0.717, 1.165) is 30.8 Å². The third kappa shape index (κ3) is 4.03. The first-order valence-electron chi connectivity index (χ1n) is 9.20. The molecule has 0 spiro atoms. The van der Waals surface area contributed by atoms with Crippen LogP contribution in [0.2, 0.25) is 0 Å². The molecule has 3 rings (SSSR count). The van der Waals surface area contributed by atoms with Crippen molar-refractivity contribution >= 4 is 11.7 Å². The number of likely N-dealkylation sites (tertiary alicyclic amines) is 1. The Morgan fingerprint density at radius 2 is 2.19 bits per heavy atom. The number of nitrogens with zero attached hydrogens (tertiary/aromatic N) is 5. The lowest BCUT2D eigenvalue weighted by molar-refractivity contribution is -0.132. The molecule has 1 aliphatic heterocycles. The average molecular weight is 357 g/mol. The van der Waals surface area contributed by atoms with E-state index in [0.29, 0.717) is 24.6 Å². The molecular formula is C19H27N5O2. The summed E-state index contributed by atoms with van der Waals surface area (Å²) in [6.07, 6.45) is 4.70. The summed E-state index contributed by atoms with van der Waals surface area (Å²) in [4.78, 5) is 21.1. The number of aryl methyl sites for hydroxylation is 1. The highest BCUT2D eigenvalue weighted by Gasteiger charge is 2.30. The Hall–Kier alpha value is -2.44. The van der Waals surface area contributed by atoms with Gasteiger partial charge in [-0.1, -0.05) is 13.8 Å². The van der Waals surface area contributed by atoms with Crippen molar-refractivity contribution in [1.82, 2.24) is 20.1 Å². The van der Waals surface area contributed by atoms with E-state index >= 15 is 0 Å². The Morgan fingerprint density at radius 1 is 1.38 bits per heavy atom. The van der Waals surface area contributed by atoms with Crippen molar-refractivity contribution in [2.75, 3.05) is 25.5 Å². The van der Waals surface area contributed by atoms with Gasteiger partial charge in [0.25, 0.3) is 0 Å². The zero-order chi connectivity index (χ0) is 18.7. The van der Waals surface area contributed by atoms with Gasteiger partial charge in [0.15, 0.2) is 0 Å². The maximum atomic E-state index is 12.8. The predicted octanol–water partition coefficient (Wildman–Crippen LogP) is 2.95. The van der Waals surface area contributed by atoms with E-state index in [1.54, 1.807) is 0 Å². The van der Waals surface area contributed by atoms with Gasteiger partial charge < -0.3 is 14.2 Å². The van der Waals surface area contributed by atoms with Crippen LogP contribution in [-0.2, 0) is 11.2 Å². The lowest BCUT2D eigenvalue weighted by atomic mass is 10.1. The highest BCUT2D eigenvalue weighted by molar-refractivity contribution is 5.77. The molecule has 0 aromatic carbocycles. The van der Waals surface area contributed by atoms with E-state index in [-0.39, 0.29) is 17.9 Å². The second kappa shape index (κ2) is 7.85. The van der Waals surface area contributed by atoms with Crippen molar-refractivity contribution in [2.24, 2.45) is 0 Å². The topological polar surface area (TPSA) is 75.4 Å². The Morgan fingerprint density at radius 3 is 2.88 bits per heavy atom. The molecule has 3 heterocycles. The van der Waals surface area contributed by atoms with Gasteiger partial charge in [-0.2, -0.15) is 0 Å². The van der Waals surface area contributed by atoms with E-state index in [1.807, 2.05) is 50.0 Å². The molecule has 0 N–H and O–H groups in total. The average Bonchev–Trinajstić information content (AvgIpc) is 3.29. The minimum Gasteiger partial charge on any atom is -0.425 e. The van der Waals surface area contributed by atoms with Gasteiger partial charge in [-0.15, -0.1) is 10.2 Å². The highest BCUT2D eigenvalue weighted by atomic mass is 16.4. The number of pyridine rings is 1. The lowest BCUT2D eigenvalue weighted by Crippen LogP contribution is -2.30. The summed E-state index contributed by atoms with van der Waals surface area (Å²) in [5.74, 6) is 2.41. The number of carbonyl (C=O) groups excluding carboxylic acids is 1. The molecule has 0 radical (unpaired) electrons. The minimum absolute atomic E-state index is 0.123. The van der Waals surface area contributed by atoms with Crippen LogP contribution < -0.4 is 4.90 Å². The van der Waals surface area contributed by atoms with Crippen molar-refractivity contribution < 1.29 is 9.21 Å². The van der Waals surface area contributed by atoms with Crippen molar-refractivity contribution in [1.29, 1.82) is 0 Å². The summed E-state index contributed by atoms with van der Waals surface area (Å²) in [5.41, 5.74) is 1.15. The van der Waals surface area contributed by atoms with Crippen LogP contribution in [-0.4, -0.2) is 46.6 Å². The van der Waals surface area contributed by atoms with Gasteiger partial charge in [0.05, 0.1) is 6.04 Å². The number of hydrogen-bond donors (Lipinski definition) is 0. The quantitative estimate of drug-likeness (QED) is 0.791. The van der Waals surface area contributed by atoms with Gasteiger partial charge in [0.2, 0.25) is 17.7 Å². The van der Waals surface area contributed by atoms with Crippen molar-refractivity contribution in [3.05, 3.63) is 35.7 Å². The van der Waals surface area contributed by atoms with E-state index in [1.165, 1.54) is 0 Å². The molecule has 0 aliphatic carbocycles. The molecule has 1 amide bonds. The van der Waals surface area contributed by atoms with Gasteiger partial charge in [0, 0.05) is 45.6 Å². The number of carbonyl (C=O) groups is 1. The zero-order valence-electron chi connectivity index (χ0n) is 16.0. The molecule has 140 valence electrons. The first-order valence-corrected chi connectivity index (χ1v) is 9.20. The molecule has 1 saturated heterocycles. The normalized spacial score (nSPS) is 17.1. The third-order valence-corrected chi connectivity index (χ3v) is 4.71. The van der Waals surface area contributed by atoms with Crippen LogP contribution in [0.3, 0.4) is 0 Å². The van der Waals surface area contributed by atoms with Crippen LogP contribution in [0.4, 0.5) is 5.82 Å². The van der Waals surface area contributed by atoms with Crippen molar-refractivity contribution in [2.45, 2.75) is 51.5 Å². The van der Waals surface area contributed by atoms with Crippen LogP contribution in [0.1, 0.15) is 62.4 Å². The highest BCUT2D eigenvalue weighted by Crippen LogP contribution is 2.33. The van der Waals surface area contributed by atoms with Gasteiger partial charge >= 0.3 is 0 Å². The van der Waals surface area contributed by atoms with Gasteiger partial charge in [-0.05, 0) is 30.5 Å². The smallest absolute Gasteiger partial charge is 0.223 e. The van der Waals surface area contributed by atoms with E-state index in [2.05, 4.69) is 21.2 Å². The van der Waals surface area contributed by atoms with Crippen LogP contribution >= 0.6 is 0 Å². The molecule has 7 heteroatoms. The van der Waals surface area contributed by atoms with Gasteiger partial charge in [-0.3, -0.25) is 4.79 Å². The fourth-order valence-corrected chi connectivity index (χ4v) is 3.26. The van der Waals surface area contributed by atoms with Crippen molar-refractivity contribution in [3.63, 3.8) is 0 Å². The van der Waals surface area contributed by atoms with Crippen LogP contribution in [0.5, 0.6) is 0 Å². The molecule has 1 atom stereocenters. The number of anilines is 1. The second-order valence-corrected chi connectivity index (χ2v) is 7.28. The van der Waals surface area contributed by atoms with E-state index in [9.17, 15) is 4.79 Å². The molecule has 1 aliphatic rings. The van der Waals surface area contributed by atoms with Crippen molar-refractivity contribution in [3.8, 4) is 0 Å².